The molecule has 0 N–H and O–H groups in total. The van der Waals surface area contributed by atoms with E-state index >= 15 is 0 Å². The molecule has 1 aromatic heterocycles. The summed E-state index contributed by atoms with van der Waals surface area (Å²) in [6.45, 7) is 2.27. The van der Waals surface area contributed by atoms with E-state index in [4.69, 9.17) is 0 Å². The van der Waals surface area contributed by atoms with Crippen molar-refractivity contribution in [2.75, 3.05) is 0 Å². The van der Waals surface area contributed by atoms with Crippen molar-refractivity contribution >= 4 is 27.3 Å². The van der Waals surface area contributed by atoms with E-state index in [1.165, 1.54) is 24.4 Å². The first kappa shape index (κ1) is 20.9. The molecule has 3 rings (SSSR count). The van der Waals surface area contributed by atoms with Gasteiger partial charge >= 0.3 is 29.6 Å². The van der Waals surface area contributed by atoms with E-state index in [-0.39, 0.29) is 35.3 Å². The number of hydrogen-bond acceptors (Lipinski definition) is 6. The van der Waals surface area contributed by atoms with Gasteiger partial charge in [-0.1, -0.05) is 6.07 Å². The van der Waals surface area contributed by atoms with Crippen molar-refractivity contribution < 1.29 is 61.5 Å². The molecular weight excluding hydrogens is 381 g/mol. The number of alkyl halides is 2. The Kier molecular flexibility index (Phi) is 5.37. The number of pyridine rings is 1. The summed E-state index contributed by atoms with van der Waals surface area (Å²) in [6.07, 6.45) is -1.92. The normalized spacial score (nSPS) is 27.4. The fraction of sp³-hybridized carbons (Fsp3) is 0.400. The Bertz CT molecular complexity index is 902. The van der Waals surface area contributed by atoms with Crippen LogP contribution in [0.3, 0.4) is 0 Å². The van der Waals surface area contributed by atoms with Gasteiger partial charge in [-0.2, -0.15) is 0 Å². The maximum absolute atomic E-state index is 13.6. The number of aromatic nitrogens is 1. The van der Waals surface area contributed by atoms with E-state index in [1.54, 1.807) is 0 Å². The van der Waals surface area contributed by atoms with Crippen LogP contribution in [0, 0.1) is 0 Å². The molecule has 2 aliphatic heterocycles. The fourth-order valence-corrected chi connectivity index (χ4v) is 5.45. The van der Waals surface area contributed by atoms with Crippen LogP contribution >= 0.6 is 0 Å². The summed E-state index contributed by atoms with van der Waals surface area (Å²) < 4.78 is 50.8. The molecular formula is C15H13F2N2NaO5S. The zero-order chi connectivity index (χ0) is 18.7. The number of carbonyl (C=O) groups is 2. The minimum Gasteiger partial charge on any atom is -0.548 e. The molecule has 3 heterocycles. The van der Waals surface area contributed by atoms with E-state index in [2.05, 4.69) is 4.98 Å². The first-order valence-corrected chi connectivity index (χ1v) is 8.78. The van der Waals surface area contributed by atoms with Crippen molar-refractivity contribution in [3.05, 3.63) is 35.7 Å². The monoisotopic (exact) mass is 394 g/mol. The number of hydrogen-bond donors (Lipinski definition) is 0. The van der Waals surface area contributed by atoms with E-state index in [9.17, 15) is 31.9 Å². The summed E-state index contributed by atoms with van der Waals surface area (Å²) in [5, 5.41) is 9.63. The van der Waals surface area contributed by atoms with Gasteiger partial charge < -0.3 is 14.8 Å². The van der Waals surface area contributed by atoms with Gasteiger partial charge in [-0.05, 0) is 26.0 Å². The van der Waals surface area contributed by atoms with Gasteiger partial charge in [0.15, 0.2) is 15.2 Å². The number of rotatable bonds is 3. The number of fused-ring (bicyclic) bond motifs is 1. The molecule has 1 aromatic rings. The predicted octanol–water partition coefficient (Wildman–Crippen LogP) is -3.40. The largest absolute Gasteiger partial charge is 1.00 e. The molecule has 1 amide bonds. The Hall–Kier alpha value is -1.36. The molecule has 2 atom stereocenters. The van der Waals surface area contributed by atoms with Gasteiger partial charge in [0, 0.05) is 6.20 Å². The average Bonchev–Trinajstić information content (AvgIpc) is 2.66. The Labute approximate surface area is 170 Å². The van der Waals surface area contributed by atoms with Crippen molar-refractivity contribution in [2.45, 2.75) is 36.4 Å². The van der Waals surface area contributed by atoms with Gasteiger partial charge in [0.25, 0.3) is 12.3 Å². The molecule has 7 nitrogen and oxygen atoms in total. The van der Waals surface area contributed by atoms with Crippen molar-refractivity contribution in [2.24, 2.45) is 0 Å². The summed E-state index contributed by atoms with van der Waals surface area (Å²) in [4.78, 5) is 28.1. The standard InChI is InChI=1S/C15H14F2N2O5S.Na/c1-15(2)10(14(21)22)19-12(20)9(13(19)25(15,23)24)8(11(16)17)7-5-3-4-6-18-7;/h3-6,10-11,13H,1-2H3,(H,21,22);/q;+1/p-1/b9-8+;/t10-,13+;/m0./s1. The summed E-state index contributed by atoms with van der Waals surface area (Å²) in [7, 11) is -4.26. The van der Waals surface area contributed by atoms with E-state index in [0.29, 0.717) is 4.90 Å². The number of allylic oxidation sites excluding steroid dienone is 1. The molecule has 2 saturated heterocycles. The number of sulfone groups is 1. The number of amides is 1. The zero-order valence-corrected chi connectivity index (χ0v) is 17.0. The molecule has 26 heavy (non-hydrogen) atoms. The van der Waals surface area contributed by atoms with Crippen molar-refractivity contribution in [1.82, 2.24) is 9.88 Å². The Morgan fingerprint density at radius 2 is 1.96 bits per heavy atom. The molecule has 2 aliphatic rings. The predicted molar refractivity (Wildman–Crippen MR) is 79.6 cm³/mol. The summed E-state index contributed by atoms with van der Waals surface area (Å²) in [6, 6.07) is 2.38. The number of aliphatic carboxylic acids is 1. The second-order valence-electron chi connectivity index (χ2n) is 6.28. The van der Waals surface area contributed by atoms with Gasteiger partial charge in [-0.25, -0.2) is 17.2 Å². The van der Waals surface area contributed by atoms with Crippen LogP contribution in [0.1, 0.15) is 19.5 Å². The van der Waals surface area contributed by atoms with Crippen molar-refractivity contribution in [3.63, 3.8) is 0 Å². The second-order valence-corrected chi connectivity index (χ2v) is 8.87. The minimum atomic E-state index is -4.26. The Morgan fingerprint density at radius 1 is 1.35 bits per heavy atom. The van der Waals surface area contributed by atoms with E-state index < -0.39 is 55.4 Å². The zero-order valence-electron chi connectivity index (χ0n) is 14.1. The van der Waals surface area contributed by atoms with Crippen LogP contribution < -0.4 is 34.7 Å². The van der Waals surface area contributed by atoms with Gasteiger partial charge in [0.2, 0.25) is 0 Å². The van der Waals surface area contributed by atoms with Gasteiger partial charge in [-0.3, -0.25) is 9.78 Å². The van der Waals surface area contributed by atoms with Crippen LogP contribution in [0.2, 0.25) is 0 Å². The number of β-lactam (4-membered cyclic amide) rings is 1. The number of carbonyl (C=O) groups excluding carboxylic acids is 2. The summed E-state index contributed by atoms with van der Waals surface area (Å²) >= 11 is 0. The fourth-order valence-electron chi connectivity index (χ4n) is 3.29. The summed E-state index contributed by atoms with van der Waals surface area (Å²) in [5.74, 6) is -2.81. The average molecular weight is 394 g/mol. The van der Waals surface area contributed by atoms with Gasteiger partial charge in [0.05, 0.1) is 33.6 Å². The smallest absolute Gasteiger partial charge is 0.548 e. The maximum Gasteiger partial charge on any atom is 1.00 e. The SMILES string of the molecule is CC1(C)[C@H](C(=O)[O-])N2C(=O)/C(=C(/c3ccccn3)C(F)F)[C@H]2S1(=O)=O.[Na+]. The molecule has 0 bridgehead atoms. The molecule has 0 aliphatic carbocycles. The first-order chi connectivity index (χ1) is 11.5. The number of nitrogens with zero attached hydrogens (tertiary/aromatic N) is 2. The number of carboxylic acids is 1. The quantitative estimate of drug-likeness (QED) is 0.301. The number of halogens is 2. The van der Waals surface area contributed by atoms with Crippen LogP contribution in [0.25, 0.3) is 5.57 Å². The van der Waals surface area contributed by atoms with Crippen molar-refractivity contribution in [1.29, 1.82) is 0 Å². The van der Waals surface area contributed by atoms with E-state index in [0.717, 1.165) is 13.8 Å². The van der Waals surface area contributed by atoms with E-state index in [1.807, 2.05) is 0 Å². The Balaban J connectivity index is 0.00000243. The van der Waals surface area contributed by atoms with Crippen LogP contribution in [-0.2, 0) is 19.4 Å². The molecule has 0 unspecified atom stereocenters. The summed E-state index contributed by atoms with van der Waals surface area (Å²) in [5.41, 5.74) is -1.67. The maximum atomic E-state index is 13.6. The minimum absolute atomic E-state index is 0. The van der Waals surface area contributed by atoms with Crippen LogP contribution in [0.15, 0.2) is 30.0 Å². The van der Waals surface area contributed by atoms with Crippen LogP contribution in [0.4, 0.5) is 8.78 Å². The molecule has 0 saturated carbocycles. The molecule has 2 fully saturated rings. The Morgan fingerprint density at radius 3 is 2.42 bits per heavy atom. The molecule has 0 spiro atoms. The second kappa shape index (κ2) is 6.66. The topological polar surface area (TPSA) is 107 Å². The third-order valence-electron chi connectivity index (χ3n) is 4.60. The van der Waals surface area contributed by atoms with Crippen LogP contribution in [-0.4, -0.2) is 52.8 Å². The third-order valence-corrected chi connectivity index (χ3v) is 7.34. The third kappa shape index (κ3) is 2.62. The number of carboxylic acid groups (broad SMARTS) is 1. The first-order valence-electron chi connectivity index (χ1n) is 7.24. The van der Waals surface area contributed by atoms with Gasteiger partial charge in [-0.15, -0.1) is 0 Å². The molecule has 11 heteroatoms. The molecule has 0 aromatic carbocycles. The molecule has 134 valence electrons. The molecule has 0 radical (unpaired) electrons. The van der Waals surface area contributed by atoms with Crippen LogP contribution in [0.5, 0.6) is 0 Å². The van der Waals surface area contributed by atoms with Gasteiger partial charge in [0.1, 0.15) is 0 Å². The van der Waals surface area contributed by atoms with Crippen molar-refractivity contribution in [3.8, 4) is 0 Å².